The van der Waals surface area contributed by atoms with Gasteiger partial charge in [-0.1, -0.05) is 30.3 Å². The van der Waals surface area contributed by atoms with Crippen molar-refractivity contribution in [3.63, 3.8) is 0 Å². The molecule has 5 heteroatoms. The number of benzene rings is 3. The van der Waals surface area contributed by atoms with E-state index >= 15 is 0 Å². The number of rotatable bonds is 7. The summed E-state index contributed by atoms with van der Waals surface area (Å²) in [5.74, 6) is 3.20. The lowest BCUT2D eigenvalue weighted by atomic mass is 10.1. The molecular formula is C32H30N2O3. The quantitative estimate of drug-likeness (QED) is 0.250. The van der Waals surface area contributed by atoms with Crippen LogP contribution in [-0.4, -0.2) is 13.7 Å². The standard InChI is InChI=1S/C32H30N2O3/c1-5-36-28-17-11-23(12-18-28)24-19-29(31-21(2)37-22(3)32(31)30(20-24)35-4)34-27-15-13-26(14-16-27)33-25-9-7-6-8-10-25/h6-20,33H,5H2,1-4H3. The molecule has 5 rings (SSSR count). The van der Waals surface area contributed by atoms with Crippen molar-refractivity contribution < 1.29 is 13.9 Å². The van der Waals surface area contributed by atoms with Crippen LogP contribution in [-0.2, 0) is 0 Å². The largest absolute Gasteiger partial charge is 0.496 e. The first-order valence-electron chi connectivity index (χ1n) is 12.4. The molecule has 0 unspecified atom stereocenters. The molecule has 37 heavy (non-hydrogen) atoms. The Morgan fingerprint density at radius 1 is 0.757 bits per heavy atom. The van der Waals surface area contributed by atoms with Gasteiger partial charge >= 0.3 is 0 Å². The van der Waals surface area contributed by atoms with E-state index in [1.54, 1.807) is 7.11 Å². The normalized spacial score (nSPS) is 11.5. The highest BCUT2D eigenvalue weighted by Gasteiger charge is 2.15. The molecule has 0 saturated heterocycles. The van der Waals surface area contributed by atoms with Crippen molar-refractivity contribution in [2.45, 2.75) is 20.8 Å². The Kier molecular flexibility index (Phi) is 6.95. The lowest BCUT2D eigenvalue weighted by molar-refractivity contribution is 0.340. The fourth-order valence-electron chi connectivity index (χ4n) is 4.54. The molecule has 0 aliphatic heterocycles. The van der Waals surface area contributed by atoms with Crippen molar-refractivity contribution in [1.29, 1.82) is 0 Å². The summed E-state index contributed by atoms with van der Waals surface area (Å²) in [6.45, 7) is 6.54. The highest BCUT2D eigenvalue weighted by Crippen LogP contribution is 2.34. The van der Waals surface area contributed by atoms with Crippen LogP contribution in [0.1, 0.15) is 18.4 Å². The van der Waals surface area contributed by atoms with Gasteiger partial charge in [0.2, 0.25) is 0 Å². The second kappa shape index (κ2) is 10.6. The maximum atomic E-state index is 6.03. The first-order valence-corrected chi connectivity index (χ1v) is 12.4. The lowest BCUT2D eigenvalue weighted by Crippen LogP contribution is -2.00. The van der Waals surface area contributed by atoms with Gasteiger partial charge in [-0.05, 0) is 92.6 Å². The maximum Gasteiger partial charge on any atom is 0.130 e. The van der Waals surface area contributed by atoms with Crippen LogP contribution in [0.4, 0.5) is 17.1 Å². The number of methoxy groups -OCH3 is 1. The van der Waals surface area contributed by atoms with Gasteiger partial charge in [-0.3, -0.25) is 0 Å². The second-order valence-corrected chi connectivity index (χ2v) is 8.77. The van der Waals surface area contributed by atoms with E-state index < -0.39 is 0 Å². The molecule has 0 atom stereocenters. The van der Waals surface area contributed by atoms with Crippen LogP contribution in [0.2, 0.25) is 0 Å². The van der Waals surface area contributed by atoms with E-state index in [4.69, 9.17) is 18.9 Å². The zero-order valence-electron chi connectivity index (χ0n) is 21.5. The molecule has 186 valence electrons. The highest BCUT2D eigenvalue weighted by atomic mass is 16.5. The summed E-state index contributed by atoms with van der Waals surface area (Å²) in [5, 5.41) is 6.11. The summed E-state index contributed by atoms with van der Waals surface area (Å²) in [7, 11) is 1.69. The van der Waals surface area contributed by atoms with E-state index in [0.717, 1.165) is 67.3 Å². The molecule has 0 aliphatic rings. The first kappa shape index (κ1) is 24.2. The Hall–Kier alpha value is -4.51. The Morgan fingerprint density at radius 3 is 2.11 bits per heavy atom. The summed E-state index contributed by atoms with van der Waals surface area (Å²) in [6, 6.07) is 30.4. The Bertz CT molecular complexity index is 1590. The smallest absolute Gasteiger partial charge is 0.130 e. The van der Waals surface area contributed by atoms with E-state index in [9.17, 15) is 0 Å². The molecule has 1 heterocycles. The van der Waals surface area contributed by atoms with E-state index in [-0.39, 0.29) is 0 Å². The minimum Gasteiger partial charge on any atom is -0.496 e. The minimum atomic E-state index is 0.632. The van der Waals surface area contributed by atoms with Crippen LogP contribution in [0.5, 0.6) is 11.5 Å². The SMILES string of the molecule is CCOc1ccc(-c2cc(OC)c3c(C)oc(C)c3c(=Nc3ccc(Nc4ccccc4)cc3)c2)cc1. The third-order valence-corrected chi connectivity index (χ3v) is 6.24. The molecule has 0 amide bonds. The van der Waals surface area contributed by atoms with E-state index in [1.165, 1.54) is 0 Å². The number of hydrogen-bond acceptors (Lipinski definition) is 5. The number of furan rings is 1. The number of aryl methyl sites for hydroxylation is 2. The van der Waals surface area contributed by atoms with E-state index in [2.05, 4.69) is 23.5 Å². The second-order valence-electron chi connectivity index (χ2n) is 8.77. The number of anilines is 2. The van der Waals surface area contributed by atoms with E-state index in [1.807, 2.05) is 93.6 Å². The van der Waals surface area contributed by atoms with Gasteiger partial charge in [0, 0.05) is 11.4 Å². The van der Waals surface area contributed by atoms with Crippen LogP contribution < -0.4 is 20.1 Å². The van der Waals surface area contributed by atoms with Crippen molar-refractivity contribution in [1.82, 2.24) is 0 Å². The Morgan fingerprint density at radius 2 is 1.43 bits per heavy atom. The van der Waals surface area contributed by atoms with Crippen molar-refractivity contribution >= 4 is 27.8 Å². The van der Waals surface area contributed by atoms with Gasteiger partial charge in [0.15, 0.2) is 0 Å². The fraction of sp³-hybridized carbons (Fsp3) is 0.156. The van der Waals surface area contributed by atoms with Crippen molar-refractivity contribution in [3.8, 4) is 22.6 Å². The summed E-state index contributed by atoms with van der Waals surface area (Å²) in [5.41, 5.74) is 4.93. The molecule has 5 aromatic rings. The number of hydrogen-bond donors (Lipinski definition) is 1. The highest BCUT2D eigenvalue weighted by molar-refractivity contribution is 5.93. The predicted molar refractivity (Wildman–Crippen MR) is 150 cm³/mol. The van der Waals surface area contributed by atoms with Crippen LogP contribution in [0.15, 0.2) is 100 Å². The number of fused-ring (bicyclic) bond motifs is 1. The summed E-state index contributed by atoms with van der Waals surface area (Å²) < 4.78 is 17.5. The molecule has 0 saturated carbocycles. The van der Waals surface area contributed by atoms with Gasteiger partial charge in [0.1, 0.15) is 23.0 Å². The maximum absolute atomic E-state index is 6.03. The predicted octanol–water partition coefficient (Wildman–Crippen LogP) is 8.10. The van der Waals surface area contributed by atoms with Crippen molar-refractivity contribution in [2.24, 2.45) is 4.99 Å². The molecule has 0 radical (unpaired) electrons. The number of nitrogens with one attached hydrogen (secondary N) is 1. The zero-order valence-corrected chi connectivity index (χ0v) is 21.5. The Labute approximate surface area is 217 Å². The van der Waals surface area contributed by atoms with Crippen molar-refractivity contribution in [3.05, 3.63) is 108 Å². The monoisotopic (exact) mass is 490 g/mol. The molecule has 0 fully saturated rings. The minimum absolute atomic E-state index is 0.632. The average molecular weight is 491 g/mol. The Balaban J connectivity index is 1.65. The topological polar surface area (TPSA) is 56.0 Å². The third kappa shape index (κ3) is 5.21. The fourth-order valence-corrected chi connectivity index (χ4v) is 4.54. The van der Waals surface area contributed by atoms with Crippen LogP contribution >= 0.6 is 0 Å². The van der Waals surface area contributed by atoms with Crippen molar-refractivity contribution in [2.75, 3.05) is 19.0 Å². The van der Waals surface area contributed by atoms with Gasteiger partial charge in [-0.15, -0.1) is 0 Å². The van der Waals surface area contributed by atoms with Gasteiger partial charge < -0.3 is 19.2 Å². The van der Waals surface area contributed by atoms with Gasteiger partial charge in [-0.25, -0.2) is 4.99 Å². The van der Waals surface area contributed by atoms with Gasteiger partial charge in [0.05, 0.1) is 35.5 Å². The molecule has 1 aromatic heterocycles. The van der Waals surface area contributed by atoms with Gasteiger partial charge in [-0.2, -0.15) is 0 Å². The molecule has 0 aliphatic carbocycles. The van der Waals surface area contributed by atoms with E-state index in [0.29, 0.717) is 6.61 Å². The van der Waals surface area contributed by atoms with Crippen LogP contribution in [0.25, 0.3) is 21.9 Å². The van der Waals surface area contributed by atoms with Crippen LogP contribution in [0.3, 0.4) is 0 Å². The molecule has 4 aromatic carbocycles. The molecule has 0 bridgehead atoms. The van der Waals surface area contributed by atoms with Gasteiger partial charge in [0.25, 0.3) is 0 Å². The number of para-hydroxylation sites is 1. The average Bonchev–Trinajstić information content (AvgIpc) is 3.10. The molecule has 0 spiro atoms. The summed E-state index contributed by atoms with van der Waals surface area (Å²) in [4.78, 5) is 5.07. The molecular weight excluding hydrogens is 460 g/mol. The third-order valence-electron chi connectivity index (χ3n) is 6.24. The number of nitrogens with zero attached hydrogens (tertiary/aromatic N) is 1. The molecule has 1 N–H and O–H groups in total. The molecule has 5 nitrogen and oxygen atoms in total. The van der Waals surface area contributed by atoms with Crippen LogP contribution in [0, 0.1) is 13.8 Å². The number of ether oxygens (including phenoxy) is 2. The summed E-state index contributed by atoms with van der Waals surface area (Å²) >= 11 is 0. The summed E-state index contributed by atoms with van der Waals surface area (Å²) in [6.07, 6.45) is 0. The lowest BCUT2D eigenvalue weighted by Gasteiger charge is -2.06. The zero-order chi connectivity index (χ0) is 25.8. The first-order chi connectivity index (χ1) is 18.1.